The molecular formula is C22H27NO4S. The summed E-state index contributed by atoms with van der Waals surface area (Å²) >= 11 is 1.47. The Labute approximate surface area is 170 Å². The van der Waals surface area contributed by atoms with Gasteiger partial charge in [0.15, 0.2) is 0 Å². The van der Waals surface area contributed by atoms with Gasteiger partial charge in [-0.15, -0.1) is 0 Å². The van der Waals surface area contributed by atoms with E-state index in [0.717, 1.165) is 16.7 Å². The fourth-order valence-corrected chi connectivity index (χ4v) is 4.34. The van der Waals surface area contributed by atoms with E-state index in [2.05, 4.69) is 30.6 Å². The number of carboxylic acids is 1. The van der Waals surface area contributed by atoms with Gasteiger partial charge < -0.3 is 15.2 Å². The first kappa shape index (κ1) is 21.8. The highest BCUT2D eigenvalue weighted by atomic mass is 32.2. The summed E-state index contributed by atoms with van der Waals surface area (Å²) in [5, 5.41) is 11.9. The minimum atomic E-state index is -1.09. The van der Waals surface area contributed by atoms with Crippen LogP contribution in [0, 0.1) is 0 Å². The summed E-state index contributed by atoms with van der Waals surface area (Å²) in [6.45, 7) is 13.0. The number of nitrogens with one attached hydrogen (secondary N) is 1. The van der Waals surface area contributed by atoms with Crippen molar-refractivity contribution in [3.63, 3.8) is 0 Å². The average Bonchev–Trinajstić information content (AvgIpc) is 2.92. The number of aliphatic carboxylic acids is 1. The molecule has 28 heavy (non-hydrogen) atoms. The molecular weight excluding hydrogens is 374 g/mol. The second-order valence-corrected chi connectivity index (χ2v) is 8.57. The van der Waals surface area contributed by atoms with Gasteiger partial charge in [-0.3, -0.25) is 0 Å². The van der Waals surface area contributed by atoms with Crippen molar-refractivity contribution in [2.45, 2.75) is 38.3 Å². The summed E-state index contributed by atoms with van der Waals surface area (Å²) in [5.74, 6) is -0.0598. The lowest BCUT2D eigenvalue weighted by Gasteiger charge is -2.22. The summed E-state index contributed by atoms with van der Waals surface area (Å²) in [5.41, 5.74) is 3.80. The van der Waals surface area contributed by atoms with E-state index in [-0.39, 0.29) is 11.7 Å². The van der Waals surface area contributed by atoms with Crippen LogP contribution in [0.4, 0.5) is 4.79 Å². The standard InChI is InChI=1S/C22H27NO4S/c1-6-14-15(7-2)18(17-11-9-8-10-16(14)17)12-28-13-19(20(24)25)23-21(26)27-22(3,4)5/h6-11,18-19H,1-2,12-13H2,3-5H3,(H,23,26)(H,24,25). The highest BCUT2D eigenvalue weighted by Crippen LogP contribution is 2.44. The van der Waals surface area contributed by atoms with Crippen molar-refractivity contribution in [1.29, 1.82) is 0 Å². The molecule has 0 fully saturated rings. The van der Waals surface area contributed by atoms with E-state index in [1.807, 2.05) is 24.3 Å². The minimum absolute atomic E-state index is 0.114. The zero-order valence-corrected chi connectivity index (χ0v) is 17.3. The fourth-order valence-electron chi connectivity index (χ4n) is 3.14. The molecule has 1 aliphatic carbocycles. The molecule has 0 bridgehead atoms. The number of alkyl carbamates (subject to hydrolysis) is 1. The molecule has 0 saturated heterocycles. The Kier molecular flexibility index (Phi) is 7.13. The van der Waals surface area contributed by atoms with Crippen LogP contribution in [0.1, 0.15) is 37.8 Å². The number of allylic oxidation sites excluding steroid dienone is 4. The highest BCUT2D eigenvalue weighted by Gasteiger charge is 2.29. The molecule has 0 aromatic heterocycles. The molecule has 0 heterocycles. The predicted molar refractivity (Wildman–Crippen MR) is 115 cm³/mol. The Bertz CT molecular complexity index is 807. The van der Waals surface area contributed by atoms with Gasteiger partial charge in [0.05, 0.1) is 0 Å². The van der Waals surface area contributed by atoms with Gasteiger partial charge in [0.1, 0.15) is 11.6 Å². The number of thioether (sulfide) groups is 1. The third kappa shape index (κ3) is 5.29. The maximum absolute atomic E-state index is 11.9. The molecule has 2 rings (SSSR count). The zero-order valence-electron chi connectivity index (χ0n) is 16.5. The predicted octanol–water partition coefficient (Wildman–Crippen LogP) is 4.62. The molecule has 2 N–H and O–H groups in total. The minimum Gasteiger partial charge on any atom is -0.480 e. The molecule has 150 valence electrons. The molecule has 1 amide bonds. The lowest BCUT2D eigenvalue weighted by Crippen LogP contribution is -2.45. The molecule has 0 spiro atoms. The number of carboxylic acid groups (broad SMARTS) is 1. The number of hydrogen-bond donors (Lipinski definition) is 2. The first-order chi connectivity index (χ1) is 13.2. The van der Waals surface area contributed by atoms with Gasteiger partial charge in [0.25, 0.3) is 0 Å². The van der Waals surface area contributed by atoms with Crippen molar-refractivity contribution in [2.24, 2.45) is 0 Å². The van der Waals surface area contributed by atoms with Crippen LogP contribution in [0.2, 0.25) is 0 Å². The monoisotopic (exact) mass is 401 g/mol. The van der Waals surface area contributed by atoms with Crippen LogP contribution in [0.15, 0.2) is 55.1 Å². The molecule has 1 aliphatic rings. The molecule has 2 atom stereocenters. The van der Waals surface area contributed by atoms with E-state index in [1.54, 1.807) is 20.8 Å². The Hall–Kier alpha value is -2.47. The third-order valence-electron chi connectivity index (χ3n) is 4.29. The number of fused-ring (bicyclic) bond motifs is 1. The van der Waals surface area contributed by atoms with Crippen LogP contribution in [-0.2, 0) is 9.53 Å². The van der Waals surface area contributed by atoms with Crippen molar-refractivity contribution in [1.82, 2.24) is 5.32 Å². The lowest BCUT2D eigenvalue weighted by molar-refractivity contribution is -0.138. The zero-order chi connectivity index (χ0) is 20.9. The van der Waals surface area contributed by atoms with Crippen LogP contribution < -0.4 is 5.32 Å². The van der Waals surface area contributed by atoms with E-state index >= 15 is 0 Å². The summed E-state index contributed by atoms with van der Waals surface area (Å²) in [4.78, 5) is 23.4. The van der Waals surface area contributed by atoms with Crippen LogP contribution in [0.5, 0.6) is 0 Å². The second-order valence-electron chi connectivity index (χ2n) is 7.49. The molecule has 1 aromatic carbocycles. The lowest BCUT2D eigenvalue weighted by atomic mass is 9.98. The molecule has 2 unspecified atom stereocenters. The van der Waals surface area contributed by atoms with Crippen molar-refractivity contribution in [3.8, 4) is 0 Å². The molecule has 0 radical (unpaired) electrons. The van der Waals surface area contributed by atoms with Gasteiger partial charge >= 0.3 is 12.1 Å². The van der Waals surface area contributed by atoms with Crippen molar-refractivity contribution in [3.05, 3.63) is 66.3 Å². The van der Waals surface area contributed by atoms with Crippen molar-refractivity contribution in [2.75, 3.05) is 11.5 Å². The smallest absolute Gasteiger partial charge is 0.408 e. The molecule has 0 saturated carbocycles. The van der Waals surface area contributed by atoms with Crippen LogP contribution >= 0.6 is 11.8 Å². The normalized spacial score (nSPS) is 16.9. The molecule has 5 nitrogen and oxygen atoms in total. The SMILES string of the molecule is C=CC1=C(C=C)C(CSCC(NC(=O)OC(C)(C)C)C(=O)O)c2ccccc21. The maximum Gasteiger partial charge on any atom is 0.408 e. The van der Waals surface area contributed by atoms with E-state index in [4.69, 9.17) is 4.74 Å². The first-order valence-electron chi connectivity index (χ1n) is 9.06. The van der Waals surface area contributed by atoms with Gasteiger partial charge in [-0.25, -0.2) is 9.59 Å². The number of carbonyl (C=O) groups excluding carboxylic acids is 1. The Morgan fingerprint density at radius 3 is 2.54 bits per heavy atom. The van der Waals surface area contributed by atoms with Crippen molar-refractivity contribution < 1.29 is 19.4 Å². The van der Waals surface area contributed by atoms with E-state index < -0.39 is 23.7 Å². The third-order valence-corrected chi connectivity index (χ3v) is 5.43. The molecule has 0 aliphatic heterocycles. The Balaban J connectivity index is 2.05. The number of ether oxygens (including phenoxy) is 1. The average molecular weight is 402 g/mol. The number of carbonyl (C=O) groups is 2. The van der Waals surface area contributed by atoms with E-state index in [0.29, 0.717) is 5.75 Å². The fraction of sp³-hybridized carbons (Fsp3) is 0.364. The molecule has 6 heteroatoms. The van der Waals surface area contributed by atoms with Crippen LogP contribution in [0.3, 0.4) is 0 Å². The number of benzene rings is 1. The quantitative estimate of drug-likeness (QED) is 0.665. The van der Waals surface area contributed by atoms with E-state index in [9.17, 15) is 14.7 Å². The topological polar surface area (TPSA) is 75.6 Å². The Morgan fingerprint density at radius 1 is 1.29 bits per heavy atom. The van der Waals surface area contributed by atoms with Gasteiger partial charge in [0.2, 0.25) is 0 Å². The largest absolute Gasteiger partial charge is 0.480 e. The summed E-state index contributed by atoms with van der Waals surface area (Å²) in [6.07, 6.45) is 2.95. The van der Waals surface area contributed by atoms with Gasteiger partial charge in [-0.2, -0.15) is 11.8 Å². The maximum atomic E-state index is 11.9. The van der Waals surface area contributed by atoms with Gasteiger partial charge in [0, 0.05) is 17.4 Å². The van der Waals surface area contributed by atoms with E-state index in [1.165, 1.54) is 17.3 Å². The summed E-state index contributed by atoms with van der Waals surface area (Å²) in [6, 6.07) is 7.10. The first-order valence-corrected chi connectivity index (χ1v) is 10.2. The summed E-state index contributed by atoms with van der Waals surface area (Å²) < 4.78 is 5.15. The highest BCUT2D eigenvalue weighted by molar-refractivity contribution is 7.99. The van der Waals surface area contributed by atoms with Crippen molar-refractivity contribution >= 4 is 29.4 Å². The summed E-state index contributed by atoms with van der Waals surface area (Å²) in [7, 11) is 0. The Morgan fingerprint density at radius 2 is 1.96 bits per heavy atom. The van der Waals surface area contributed by atoms with Crippen LogP contribution in [0.25, 0.3) is 5.57 Å². The number of hydrogen-bond acceptors (Lipinski definition) is 4. The van der Waals surface area contributed by atoms with Gasteiger partial charge in [-0.05, 0) is 43.0 Å². The number of amides is 1. The van der Waals surface area contributed by atoms with Gasteiger partial charge in [-0.1, -0.05) is 49.6 Å². The van der Waals surface area contributed by atoms with Crippen LogP contribution in [-0.4, -0.2) is 40.3 Å². The number of rotatable bonds is 8. The molecule has 1 aromatic rings. The second kappa shape index (κ2) is 9.15.